The van der Waals surface area contributed by atoms with Crippen molar-refractivity contribution < 1.29 is 14.0 Å². The summed E-state index contributed by atoms with van der Waals surface area (Å²) in [5, 5.41) is 6.72. The number of hydrogen-bond acceptors (Lipinski definition) is 3. The van der Waals surface area contributed by atoms with Gasteiger partial charge in [-0.25, -0.2) is 0 Å². The maximum absolute atomic E-state index is 12.4. The second-order valence-corrected chi connectivity index (χ2v) is 6.68. The number of nitrogens with one attached hydrogen (secondary N) is 2. The van der Waals surface area contributed by atoms with Crippen LogP contribution in [0.15, 0.2) is 16.7 Å². The second-order valence-electron chi connectivity index (χ2n) is 6.68. The van der Waals surface area contributed by atoms with Crippen LogP contribution in [0.2, 0.25) is 0 Å². The molecule has 1 fully saturated rings. The summed E-state index contributed by atoms with van der Waals surface area (Å²) in [6.45, 7) is 6.81. The van der Waals surface area contributed by atoms with E-state index in [1.54, 1.807) is 6.26 Å². The molecule has 2 N–H and O–H groups in total. The number of fused-ring (bicyclic) bond motifs is 1. The summed E-state index contributed by atoms with van der Waals surface area (Å²) in [4.78, 5) is 24.4. The van der Waals surface area contributed by atoms with Crippen molar-refractivity contribution in [2.75, 3.05) is 6.54 Å². The lowest BCUT2D eigenvalue weighted by Gasteiger charge is -2.15. The first-order valence-corrected chi connectivity index (χ1v) is 8.51. The number of amides is 2. The first-order valence-electron chi connectivity index (χ1n) is 8.51. The fraction of sp³-hybridized carbons (Fsp3) is 0.474. The Bertz CT molecular complexity index is 791. The highest BCUT2D eigenvalue weighted by atomic mass is 16.3. The molecule has 5 heteroatoms. The van der Waals surface area contributed by atoms with E-state index in [9.17, 15) is 9.59 Å². The molecule has 2 aromatic rings. The van der Waals surface area contributed by atoms with E-state index in [1.165, 1.54) is 5.56 Å². The first kappa shape index (κ1) is 16.6. The first-order chi connectivity index (χ1) is 11.5. The fourth-order valence-corrected chi connectivity index (χ4v) is 3.41. The highest BCUT2D eigenvalue weighted by Gasteiger charge is 2.23. The normalized spacial score (nSPS) is 18.3. The van der Waals surface area contributed by atoms with Crippen LogP contribution in [0.25, 0.3) is 11.0 Å². The van der Waals surface area contributed by atoms with Crippen molar-refractivity contribution in [3.8, 4) is 0 Å². The largest absolute Gasteiger partial charge is 0.464 e. The minimum atomic E-state index is -0.428. The molecule has 1 aromatic carbocycles. The van der Waals surface area contributed by atoms with Crippen molar-refractivity contribution in [1.82, 2.24) is 10.6 Å². The molecule has 1 aliphatic heterocycles. The van der Waals surface area contributed by atoms with Crippen molar-refractivity contribution in [3.63, 3.8) is 0 Å². The van der Waals surface area contributed by atoms with Crippen LogP contribution in [0.5, 0.6) is 0 Å². The van der Waals surface area contributed by atoms with Gasteiger partial charge in [0.25, 0.3) is 0 Å². The molecule has 0 radical (unpaired) electrons. The van der Waals surface area contributed by atoms with E-state index in [0.29, 0.717) is 13.0 Å². The van der Waals surface area contributed by atoms with Gasteiger partial charge in [-0.05, 0) is 56.7 Å². The molecule has 1 atom stereocenters. The second kappa shape index (κ2) is 6.67. The lowest BCUT2D eigenvalue weighted by Crippen LogP contribution is -2.45. The van der Waals surface area contributed by atoms with Crippen molar-refractivity contribution in [2.45, 2.75) is 52.5 Å². The molecular weight excluding hydrogens is 304 g/mol. The van der Waals surface area contributed by atoms with Gasteiger partial charge in [-0.3, -0.25) is 9.59 Å². The molecule has 1 saturated heterocycles. The average molecular weight is 328 g/mol. The van der Waals surface area contributed by atoms with Crippen LogP contribution in [0.3, 0.4) is 0 Å². The molecule has 128 valence electrons. The molecule has 1 aliphatic rings. The van der Waals surface area contributed by atoms with Crippen LogP contribution in [0.4, 0.5) is 0 Å². The molecule has 0 spiro atoms. The van der Waals surface area contributed by atoms with E-state index in [1.807, 2.05) is 13.8 Å². The third-order valence-corrected chi connectivity index (χ3v) is 4.85. The molecule has 0 bridgehead atoms. The van der Waals surface area contributed by atoms with Crippen LogP contribution in [-0.2, 0) is 16.0 Å². The Kier molecular flexibility index (Phi) is 4.60. The topological polar surface area (TPSA) is 71.3 Å². The summed E-state index contributed by atoms with van der Waals surface area (Å²) in [5.74, 6) is -0.224. The van der Waals surface area contributed by atoms with Gasteiger partial charge < -0.3 is 15.1 Å². The van der Waals surface area contributed by atoms with E-state index >= 15 is 0 Å². The van der Waals surface area contributed by atoms with Gasteiger partial charge in [-0.1, -0.05) is 6.07 Å². The highest BCUT2D eigenvalue weighted by molar-refractivity contribution is 5.93. The SMILES string of the molecule is Cc1cc(C)c2c(CC(=O)N[C@@H]3CCCCNC3=O)coc2c1C. The van der Waals surface area contributed by atoms with Crippen molar-refractivity contribution in [1.29, 1.82) is 0 Å². The summed E-state index contributed by atoms with van der Waals surface area (Å²) in [7, 11) is 0. The average Bonchev–Trinajstić information content (AvgIpc) is 2.84. The minimum absolute atomic E-state index is 0.0828. The Morgan fingerprint density at radius 3 is 2.88 bits per heavy atom. The van der Waals surface area contributed by atoms with E-state index in [-0.39, 0.29) is 18.2 Å². The number of benzene rings is 1. The summed E-state index contributed by atoms with van der Waals surface area (Å²) < 4.78 is 5.71. The number of aryl methyl sites for hydroxylation is 3. The van der Waals surface area contributed by atoms with Crippen LogP contribution in [0, 0.1) is 20.8 Å². The lowest BCUT2D eigenvalue weighted by atomic mass is 9.99. The number of rotatable bonds is 3. The van der Waals surface area contributed by atoms with Crippen LogP contribution in [-0.4, -0.2) is 24.4 Å². The summed E-state index contributed by atoms with van der Waals surface area (Å²) in [6, 6.07) is 1.69. The summed E-state index contributed by atoms with van der Waals surface area (Å²) in [6.07, 6.45) is 4.48. The Hall–Kier alpha value is -2.30. The Labute approximate surface area is 141 Å². The van der Waals surface area contributed by atoms with Crippen molar-refractivity contribution in [2.24, 2.45) is 0 Å². The third-order valence-electron chi connectivity index (χ3n) is 4.85. The molecule has 0 saturated carbocycles. The zero-order chi connectivity index (χ0) is 17.3. The van der Waals surface area contributed by atoms with E-state index in [2.05, 4.69) is 23.6 Å². The molecule has 3 rings (SSSR count). The number of carbonyl (C=O) groups is 2. The lowest BCUT2D eigenvalue weighted by molar-refractivity contribution is -0.128. The minimum Gasteiger partial charge on any atom is -0.464 e. The molecule has 24 heavy (non-hydrogen) atoms. The Balaban J connectivity index is 1.78. The van der Waals surface area contributed by atoms with Gasteiger partial charge in [0, 0.05) is 17.5 Å². The molecule has 0 unspecified atom stereocenters. The molecule has 2 heterocycles. The maximum atomic E-state index is 12.4. The molecule has 5 nitrogen and oxygen atoms in total. The summed E-state index contributed by atoms with van der Waals surface area (Å²) >= 11 is 0. The number of furan rings is 1. The van der Waals surface area contributed by atoms with Crippen LogP contribution >= 0.6 is 0 Å². The van der Waals surface area contributed by atoms with Gasteiger partial charge in [0.05, 0.1) is 12.7 Å². The molecule has 0 aliphatic carbocycles. The van der Waals surface area contributed by atoms with E-state index < -0.39 is 6.04 Å². The quantitative estimate of drug-likeness (QED) is 0.910. The monoisotopic (exact) mass is 328 g/mol. The number of carbonyl (C=O) groups excluding carboxylic acids is 2. The standard InChI is InChI=1S/C19H24N2O3/c1-11-8-12(2)17-14(10-24-18(17)13(11)3)9-16(22)21-15-6-4-5-7-20-19(15)23/h8,10,15H,4-7,9H2,1-3H3,(H,20,23)(H,21,22)/t15-/m1/s1. The molecular formula is C19H24N2O3. The molecule has 2 amide bonds. The van der Waals surface area contributed by atoms with Crippen molar-refractivity contribution >= 4 is 22.8 Å². The Morgan fingerprint density at radius 2 is 2.08 bits per heavy atom. The number of hydrogen-bond donors (Lipinski definition) is 2. The summed E-state index contributed by atoms with van der Waals surface area (Å²) in [5.41, 5.74) is 5.11. The smallest absolute Gasteiger partial charge is 0.242 e. The van der Waals surface area contributed by atoms with Crippen LogP contribution in [0.1, 0.15) is 41.5 Å². The Morgan fingerprint density at radius 1 is 1.29 bits per heavy atom. The van der Waals surface area contributed by atoms with Gasteiger partial charge in [0.15, 0.2) is 0 Å². The van der Waals surface area contributed by atoms with E-state index in [4.69, 9.17) is 4.42 Å². The van der Waals surface area contributed by atoms with Crippen LogP contribution < -0.4 is 10.6 Å². The zero-order valence-electron chi connectivity index (χ0n) is 14.5. The van der Waals surface area contributed by atoms with Gasteiger partial charge in [-0.15, -0.1) is 0 Å². The third kappa shape index (κ3) is 3.16. The maximum Gasteiger partial charge on any atom is 0.242 e. The highest BCUT2D eigenvalue weighted by Crippen LogP contribution is 2.30. The van der Waals surface area contributed by atoms with Crippen molar-refractivity contribution in [3.05, 3.63) is 34.6 Å². The van der Waals surface area contributed by atoms with Gasteiger partial charge in [0.2, 0.25) is 11.8 Å². The fourth-order valence-electron chi connectivity index (χ4n) is 3.41. The zero-order valence-corrected chi connectivity index (χ0v) is 14.5. The van der Waals surface area contributed by atoms with Gasteiger partial charge in [-0.2, -0.15) is 0 Å². The van der Waals surface area contributed by atoms with Gasteiger partial charge >= 0.3 is 0 Å². The predicted octanol–water partition coefficient (Wildman–Crippen LogP) is 2.69. The van der Waals surface area contributed by atoms with Gasteiger partial charge in [0.1, 0.15) is 11.6 Å². The van der Waals surface area contributed by atoms with E-state index in [0.717, 1.165) is 40.5 Å². The predicted molar refractivity (Wildman–Crippen MR) is 92.9 cm³/mol. The molecule has 1 aromatic heterocycles.